The number of anilines is 2. The number of fused-ring (bicyclic) bond motifs is 1. The fraction of sp³-hybridized carbons (Fsp3) is 0.538. The average molecular weight is 237 g/mol. The molecule has 1 heterocycles. The summed E-state index contributed by atoms with van der Waals surface area (Å²) in [5.74, 6) is 0. The van der Waals surface area contributed by atoms with Gasteiger partial charge in [-0.1, -0.05) is 0 Å². The van der Waals surface area contributed by atoms with Gasteiger partial charge in [-0.15, -0.1) is 0 Å². The molecule has 2 rings (SSSR count). The average Bonchev–Trinajstić information content (AvgIpc) is 2.28. The zero-order valence-electron chi connectivity index (χ0n) is 10.8. The van der Waals surface area contributed by atoms with E-state index in [1.54, 1.807) is 0 Å². The van der Waals surface area contributed by atoms with Crippen LogP contribution in [-0.2, 0) is 13.0 Å². The van der Waals surface area contributed by atoms with E-state index in [0.717, 1.165) is 30.9 Å². The van der Waals surface area contributed by atoms with Crippen molar-refractivity contribution in [2.75, 3.05) is 44.7 Å². The maximum atomic E-state index is 12.5. The molecule has 0 aliphatic carbocycles. The van der Waals surface area contributed by atoms with Gasteiger partial charge < -0.3 is 15.1 Å². The van der Waals surface area contributed by atoms with Gasteiger partial charge >= 0.3 is 0 Å². The van der Waals surface area contributed by atoms with E-state index in [1.165, 1.54) is 11.1 Å². The summed E-state index contributed by atoms with van der Waals surface area (Å²) in [5.41, 5.74) is 4.63. The molecular formula is C13H20FN3. The summed E-state index contributed by atoms with van der Waals surface area (Å²) in [6.45, 7) is 1.51. The monoisotopic (exact) mass is 237 g/mol. The summed E-state index contributed by atoms with van der Waals surface area (Å²) in [6, 6.07) is 4.26. The van der Waals surface area contributed by atoms with Crippen LogP contribution in [0.5, 0.6) is 0 Å². The zero-order chi connectivity index (χ0) is 12.4. The van der Waals surface area contributed by atoms with Crippen molar-refractivity contribution in [3.8, 4) is 0 Å². The first-order chi connectivity index (χ1) is 8.11. The van der Waals surface area contributed by atoms with Crippen molar-refractivity contribution >= 4 is 11.4 Å². The van der Waals surface area contributed by atoms with Crippen LogP contribution >= 0.6 is 0 Å². The maximum Gasteiger partial charge on any atom is 0.159 e. The lowest BCUT2D eigenvalue weighted by atomic mass is 9.98. The Bertz CT molecular complexity index is 404. The molecule has 1 N–H and O–H groups in total. The molecule has 94 valence electrons. The molecule has 0 saturated heterocycles. The smallest absolute Gasteiger partial charge is 0.159 e. The Morgan fingerprint density at radius 1 is 1.35 bits per heavy atom. The standard InChI is InChI=1S/C13H20FN3/c1-16(2)13-7-10-4-5-17(3)8-11(10)6-12(13)15-9-14/h6-7,15H,4-5,8-9H2,1-3H3. The third kappa shape index (κ3) is 2.52. The molecule has 0 radical (unpaired) electrons. The predicted molar refractivity (Wildman–Crippen MR) is 70.4 cm³/mol. The molecule has 0 spiro atoms. The van der Waals surface area contributed by atoms with Crippen LogP contribution in [0.15, 0.2) is 12.1 Å². The second kappa shape index (κ2) is 4.92. The minimum atomic E-state index is -0.532. The first-order valence-corrected chi connectivity index (χ1v) is 5.93. The number of hydrogen-bond donors (Lipinski definition) is 1. The van der Waals surface area contributed by atoms with Gasteiger partial charge in [-0.3, -0.25) is 0 Å². The van der Waals surface area contributed by atoms with E-state index in [2.05, 4.69) is 29.4 Å². The maximum absolute atomic E-state index is 12.5. The van der Waals surface area contributed by atoms with Crippen LogP contribution in [0.3, 0.4) is 0 Å². The second-order valence-corrected chi connectivity index (χ2v) is 4.83. The molecule has 1 aromatic carbocycles. The van der Waals surface area contributed by atoms with Gasteiger partial charge in [0.1, 0.15) is 0 Å². The van der Waals surface area contributed by atoms with Crippen molar-refractivity contribution in [3.05, 3.63) is 23.3 Å². The van der Waals surface area contributed by atoms with Gasteiger partial charge in [0.15, 0.2) is 6.80 Å². The number of likely N-dealkylation sites (N-methyl/N-ethyl adjacent to an activating group) is 1. The third-order valence-corrected chi connectivity index (χ3v) is 3.26. The Labute approximate surface area is 102 Å². The number of hydrogen-bond acceptors (Lipinski definition) is 3. The van der Waals surface area contributed by atoms with Crippen LogP contribution in [0.25, 0.3) is 0 Å². The summed E-state index contributed by atoms with van der Waals surface area (Å²) < 4.78 is 12.5. The van der Waals surface area contributed by atoms with Crippen LogP contribution in [0.1, 0.15) is 11.1 Å². The summed E-state index contributed by atoms with van der Waals surface area (Å²) in [4.78, 5) is 4.31. The summed E-state index contributed by atoms with van der Waals surface area (Å²) in [7, 11) is 6.09. The normalized spacial score (nSPS) is 15.5. The fourth-order valence-corrected chi connectivity index (χ4v) is 2.32. The van der Waals surface area contributed by atoms with Crippen molar-refractivity contribution in [3.63, 3.8) is 0 Å². The molecule has 4 heteroatoms. The van der Waals surface area contributed by atoms with E-state index >= 15 is 0 Å². The van der Waals surface area contributed by atoms with Gasteiger partial charge in [0.25, 0.3) is 0 Å². The quantitative estimate of drug-likeness (QED) is 0.812. The third-order valence-electron chi connectivity index (χ3n) is 3.26. The van der Waals surface area contributed by atoms with Crippen LogP contribution in [-0.4, -0.2) is 39.4 Å². The first-order valence-electron chi connectivity index (χ1n) is 5.93. The molecular weight excluding hydrogens is 217 g/mol. The highest BCUT2D eigenvalue weighted by atomic mass is 19.1. The van der Waals surface area contributed by atoms with Gasteiger partial charge in [-0.05, 0) is 36.7 Å². The Hall–Kier alpha value is -1.29. The van der Waals surface area contributed by atoms with Crippen molar-refractivity contribution in [1.29, 1.82) is 0 Å². The summed E-state index contributed by atoms with van der Waals surface area (Å²) in [6.07, 6.45) is 1.07. The van der Waals surface area contributed by atoms with E-state index < -0.39 is 6.80 Å². The van der Waals surface area contributed by atoms with Crippen LogP contribution in [0.2, 0.25) is 0 Å². The molecule has 1 aromatic rings. The highest BCUT2D eigenvalue weighted by molar-refractivity contribution is 5.72. The summed E-state index contributed by atoms with van der Waals surface area (Å²) in [5, 5.41) is 2.80. The van der Waals surface area contributed by atoms with E-state index in [-0.39, 0.29) is 0 Å². The molecule has 1 aliphatic heterocycles. The SMILES string of the molecule is CN1CCc2cc(N(C)C)c(NCF)cc2C1. The Morgan fingerprint density at radius 3 is 2.76 bits per heavy atom. The van der Waals surface area contributed by atoms with E-state index in [9.17, 15) is 4.39 Å². The van der Waals surface area contributed by atoms with Gasteiger partial charge in [-0.25, -0.2) is 4.39 Å². The number of alkyl halides is 1. The van der Waals surface area contributed by atoms with Gasteiger partial charge in [0.2, 0.25) is 0 Å². The molecule has 0 fully saturated rings. The fourth-order valence-electron chi connectivity index (χ4n) is 2.32. The number of nitrogens with one attached hydrogen (secondary N) is 1. The molecule has 0 bridgehead atoms. The lowest BCUT2D eigenvalue weighted by Gasteiger charge is -2.28. The van der Waals surface area contributed by atoms with E-state index in [4.69, 9.17) is 0 Å². The largest absolute Gasteiger partial charge is 0.376 e. The minimum absolute atomic E-state index is 0.532. The number of benzene rings is 1. The van der Waals surface area contributed by atoms with Crippen molar-refractivity contribution in [1.82, 2.24) is 4.90 Å². The molecule has 0 aromatic heterocycles. The Balaban J connectivity index is 2.40. The molecule has 0 unspecified atom stereocenters. The highest BCUT2D eigenvalue weighted by Gasteiger charge is 2.16. The topological polar surface area (TPSA) is 18.5 Å². The Morgan fingerprint density at radius 2 is 2.12 bits per heavy atom. The van der Waals surface area contributed by atoms with E-state index in [0.29, 0.717) is 0 Å². The summed E-state index contributed by atoms with van der Waals surface area (Å²) >= 11 is 0. The molecule has 17 heavy (non-hydrogen) atoms. The van der Waals surface area contributed by atoms with Gasteiger partial charge in [-0.2, -0.15) is 0 Å². The zero-order valence-corrected chi connectivity index (χ0v) is 10.8. The molecule has 1 aliphatic rings. The second-order valence-electron chi connectivity index (χ2n) is 4.83. The highest BCUT2D eigenvalue weighted by Crippen LogP contribution is 2.31. The lowest BCUT2D eigenvalue weighted by molar-refractivity contribution is 0.313. The molecule has 3 nitrogen and oxygen atoms in total. The van der Waals surface area contributed by atoms with E-state index in [1.807, 2.05) is 19.0 Å². The van der Waals surface area contributed by atoms with Crippen molar-refractivity contribution in [2.45, 2.75) is 13.0 Å². The van der Waals surface area contributed by atoms with Gasteiger partial charge in [0, 0.05) is 27.2 Å². The van der Waals surface area contributed by atoms with Crippen LogP contribution in [0.4, 0.5) is 15.8 Å². The van der Waals surface area contributed by atoms with Crippen molar-refractivity contribution in [2.24, 2.45) is 0 Å². The lowest BCUT2D eigenvalue weighted by Crippen LogP contribution is -2.27. The predicted octanol–water partition coefficient (Wildman–Crippen LogP) is 2.08. The first kappa shape index (κ1) is 12.2. The van der Waals surface area contributed by atoms with Crippen LogP contribution < -0.4 is 10.2 Å². The molecule has 0 amide bonds. The number of nitrogens with zero attached hydrogens (tertiary/aromatic N) is 2. The Kier molecular flexibility index (Phi) is 3.52. The number of halogens is 1. The molecule has 0 atom stereocenters. The molecule has 0 saturated carbocycles. The van der Waals surface area contributed by atoms with Crippen LogP contribution in [0, 0.1) is 0 Å². The van der Waals surface area contributed by atoms with Crippen molar-refractivity contribution < 1.29 is 4.39 Å². The number of rotatable bonds is 3. The van der Waals surface area contributed by atoms with Gasteiger partial charge in [0.05, 0.1) is 11.4 Å². The minimum Gasteiger partial charge on any atom is -0.376 e.